The summed E-state index contributed by atoms with van der Waals surface area (Å²) in [6.07, 6.45) is 0. The molecule has 1 unspecified atom stereocenters. The van der Waals surface area contributed by atoms with Crippen LogP contribution in [0.25, 0.3) is 10.2 Å². The van der Waals surface area contributed by atoms with Gasteiger partial charge < -0.3 is 10.3 Å². The molecule has 0 aliphatic heterocycles. The Balaban J connectivity index is 1.68. The van der Waals surface area contributed by atoms with Crippen molar-refractivity contribution in [2.45, 2.75) is 38.7 Å². The molecule has 1 aromatic carbocycles. The average Bonchev–Trinajstić information content (AvgIpc) is 2.89. The number of hydrogen-bond donors (Lipinski definition) is 2. The normalized spacial score (nSPS) is 12.3. The van der Waals surface area contributed by atoms with E-state index < -0.39 is 0 Å². The molecule has 0 spiro atoms. The van der Waals surface area contributed by atoms with Crippen LogP contribution in [0.4, 0.5) is 5.69 Å². The van der Waals surface area contributed by atoms with Gasteiger partial charge in [-0.05, 0) is 44.9 Å². The van der Waals surface area contributed by atoms with Crippen molar-refractivity contribution >= 4 is 44.9 Å². The van der Waals surface area contributed by atoms with Crippen molar-refractivity contribution in [3.63, 3.8) is 0 Å². The number of amides is 1. The molecule has 136 valence electrons. The zero-order valence-corrected chi connectivity index (χ0v) is 16.8. The minimum atomic E-state index is -0.262. The van der Waals surface area contributed by atoms with Crippen molar-refractivity contribution in [3.8, 4) is 0 Å². The van der Waals surface area contributed by atoms with Gasteiger partial charge in [-0.1, -0.05) is 18.2 Å². The first kappa shape index (κ1) is 18.7. The summed E-state index contributed by atoms with van der Waals surface area (Å²) in [6.45, 7) is 7.75. The molecule has 7 heteroatoms. The predicted octanol–water partition coefficient (Wildman–Crippen LogP) is 4.17. The molecule has 2 aromatic heterocycles. The smallest absolute Gasteiger partial charge is 0.259 e. The van der Waals surface area contributed by atoms with Crippen LogP contribution in [0.3, 0.4) is 0 Å². The third-order valence-corrected chi connectivity index (χ3v) is 6.59. The summed E-state index contributed by atoms with van der Waals surface area (Å²) in [5.41, 5.74) is 2.73. The highest BCUT2D eigenvalue weighted by molar-refractivity contribution is 7.99. The van der Waals surface area contributed by atoms with Crippen LogP contribution in [0.5, 0.6) is 0 Å². The standard InChI is InChI=1S/C19H21N3O2S2/c1-10-7-5-6-8-14(10)20-17(23)13(4)25-9-15-21-18(24)16-11(2)12(3)26-19(16)22-15/h5-8,13H,9H2,1-4H3,(H,20,23)(H,21,22,24). The number of aromatic amines is 1. The number of carbonyl (C=O) groups is 1. The maximum atomic E-state index is 12.4. The molecule has 3 aromatic rings. The molecule has 1 amide bonds. The van der Waals surface area contributed by atoms with Crippen molar-refractivity contribution in [1.82, 2.24) is 9.97 Å². The van der Waals surface area contributed by atoms with Gasteiger partial charge in [0.2, 0.25) is 5.91 Å². The number of rotatable bonds is 5. The van der Waals surface area contributed by atoms with E-state index >= 15 is 0 Å². The monoisotopic (exact) mass is 387 g/mol. The van der Waals surface area contributed by atoms with Gasteiger partial charge in [0, 0.05) is 10.6 Å². The number of carbonyl (C=O) groups excluding carboxylic acids is 1. The van der Waals surface area contributed by atoms with Crippen molar-refractivity contribution in [2.75, 3.05) is 5.32 Å². The van der Waals surface area contributed by atoms with Crippen molar-refractivity contribution < 1.29 is 4.79 Å². The van der Waals surface area contributed by atoms with Crippen LogP contribution in [0.1, 0.15) is 28.8 Å². The molecule has 0 aliphatic carbocycles. The lowest BCUT2D eigenvalue weighted by molar-refractivity contribution is -0.115. The number of aryl methyl sites for hydroxylation is 3. The second-order valence-corrected chi connectivity index (χ2v) is 8.77. The second-order valence-electron chi connectivity index (χ2n) is 6.23. The van der Waals surface area contributed by atoms with Gasteiger partial charge in [-0.25, -0.2) is 4.98 Å². The summed E-state index contributed by atoms with van der Waals surface area (Å²) >= 11 is 2.98. The minimum absolute atomic E-state index is 0.0597. The Morgan fingerprint density at radius 2 is 2.04 bits per heavy atom. The Bertz CT molecular complexity index is 1020. The Morgan fingerprint density at radius 1 is 1.31 bits per heavy atom. The predicted molar refractivity (Wildman–Crippen MR) is 110 cm³/mol. The highest BCUT2D eigenvalue weighted by Gasteiger charge is 2.16. The molecule has 5 nitrogen and oxygen atoms in total. The first-order chi connectivity index (χ1) is 12.4. The Hall–Kier alpha value is -2.12. The summed E-state index contributed by atoms with van der Waals surface area (Å²) in [4.78, 5) is 34.0. The lowest BCUT2D eigenvalue weighted by Crippen LogP contribution is -2.23. The van der Waals surface area contributed by atoms with E-state index in [0.717, 1.165) is 26.5 Å². The fourth-order valence-corrected chi connectivity index (χ4v) is 4.40. The summed E-state index contributed by atoms with van der Waals surface area (Å²) in [5.74, 6) is 1.02. The maximum absolute atomic E-state index is 12.4. The van der Waals surface area contributed by atoms with Gasteiger partial charge in [0.05, 0.1) is 16.4 Å². The fourth-order valence-electron chi connectivity index (χ4n) is 2.59. The number of para-hydroxylation sites is 1. The fraction of sp³-hybridized carbons (Fsp3) is 0.316. The SMILES string of the molecule is Cc1ccccc1NC(=O)C(C)SCc1nc2sc(C)c(C)c2c(=O)[nH]1. The number of nitrogens with zero attached hydrogens (tertiary/aromatic N) is 1. The van der Waals surface area contributed by atoms with Crippen LogP contribution in [-0.2, 0) is 10.5 Å². The van der Waals surface area contributed by atoms with E-state index in [4.69, 9.17) is 0 Å². The first-order valence-corrected chi connectivity index (χ1v) is 10.2. The van der Waals surface area contributed by atoms with Gasteiger partial charge >= 0.3 is 0 Å². The Labute approximate surface area is 160 Å². The number of anilines is 1. The van der Waals surface area contributed by atoms with Gasteiger partial charge in [-0.2, -0.15) is 0 Å². The van der Waals surface area contributed by atoms with Gasteiger partial charge in [0.15, 0.2) is 0 Å². The van der Waals surface area contributed by atoms with Gasteiger partial charge in [-0.3, -0.25) is 9.59 Å². The van der Waals surface area contributed by atoms with Crippen molar-refractivity contribution in [2.24, 2.45) is 0 Å². The van der Waals surface area contributed by atoms with E-state index in [1.807, 2.05) is 52.0 Å². The number of thioether (sulfide) groups is 1. The Morgan fingerprint density at radius 3 is 2.77 bits per heavy atom. The van der Waals surface area contributed by atoms with Crippen LogP contribution in [0, 0.1) is 20.8 Å². The molecule has 0 aliphatic rings. The molecular weight excluding hydrogens is 366 g/mol. The molecule has 26 heavy (non-hydrogen) atoms. The molecule has 0 saturated heterocycles. The van der Waals surface area contributed by atoms with Crippen molar-refractivity contribution in [1.29, 1.82) is 0 Å². The lowest BCUT2D eigenvalue weighted by Gasteiger charge is -2.13. The van der Waals surface area contributed by atoms with E-state index in [0.29, 0.717) is 17.0 Å². The molecule has 2 heterocycles. The Kier molecular flexibility index (Phi) is 5.48. The van der Waals surface area contributed by atoms with Crippen LogP contribution < -0.4 is 10.9 Å². The molecule has 0 radical (unpaired) electrons. The number of nitrogens with one attached hydrogen (secondary N) is 2. The highest BCUT2D eigenvalue weighted by Crippen LogP contribution is 2.26. The van der Waals surface area contributed by atoms with Crippen LogP contribution in [-0.4, -0.2) is 21.1 Å². The van der Waals surface area contributed by atoms with E-state index in [1.54, 1.807) is 0 Å². The first-order valence-electron chi connectivity index (χ1n) is 8.34. The third kappa shape index (κ3) is 3.83. The number of benzene rings is 1. The van der Waals surface area contributed by atoms with Crippen LogP contribution in [0.15, 0.2) is 29.1 Å². The maximum Gasteiger partial charge on any atom is 0.259 e. The third-order valence-electron chi connectivity index (χ3n) is 4.33. The van der Waals surface area contributed by atoms with Crippen LogP contribution in [0.2, 0.25) is 0 Å². The van der Waals surface area contributed by atoms with E-state index in [2.05, 4.69) is 15.3 Å². The van der Waals surface area contributed by atoms with Crippen LogP contribution >= 0.6 is 23.1 Å². The van der Waals surface area contributed by atoms with Gasteiger partial charge in [0.1, 0.15) is 10.7 Å². The average molecular weight is 388 g/mol. The van der Waals surface area contributed by atoms with E-state index in [-0.39, 0.29) is 16.7 Å². The molecule has 3 rings (SSSR count). The number of hydrogen-bond acceptors (Lipinski definition) is 5. The van der Waals surface area contributed by atoms with Gasteiger partial charge in [-0.15, -0.1) is 23.1 Å². The number of fused-ring (bicyclic) bond motifs is 1. The highest BCUT2D eigenvalue weighted by atomic mass is 32.2. The zero-order chi connectivity index (χ0) is 18.8. The van der Waals surface area contributed by atoms with E-state index in [1.165, 1.54) is 23.1 Å². The molecule has 0 saturated carbocycles. The number of H-pyrrole nitrogens is 1. The largest absolute Gasteiger partial charge is 0.325 e. The summed E-state index contributed by atoms with van der Waals surface area (Å²) in [5, 5.41) is 3.36. The zero-order valence-electron chi connectivity index (χ0n) is 15.2. The summed E-state index contributed by atoms with van der Waals surface area (Å²) in [6, 6.07) is 7.69. The molecule has 0 bridgehead atoms. The van der Waals surface area contributed by atoms with Gasteiger partial charge in [0.25, 0.3) is 5.56 Å². The molecule has 0 fully saturated rings. The quantitative estimate of drug-likeness (QED) is 0.689. The molecular formula is C19H21N3O2S2. The second kappa shape index (κ2) is 7.63. The lowest BCUT2D eigenvalue weighted by atomic mass is 10.2. The number of thiophene rings is 1. The summed E-state index contributed by atoms with van der Waals surface area (Å²) in [7, 11) is 0. The van der Waals surface area contributed by atoms with Crippen molar-refractivity contribution in [3.05, 3.63) is 56.4 Å². The topological polar surface area (TPSA) is 74.8 Å². The molecule has 2 N–H and O–H groups in total. The number of aromatic nitrogens is 2. The minimum Gasteiger partial charge on any atom is -0.325 e. The van der Waals surface area contributed by atoms with E-state index in [9.17, 15) is 9.59 Å². The molecule has 1 atom stereocenters. The summed E-state index contributed by atoms with van der Waals surface area (Å²) < 4.78 is 0.